The van der Waals surface area contributed by atoms with Crippen LogP contribution in [-0.2, 0) is 4.79 Å². The molecule has 6 nitrogen and oxygen atoms in total. The highest BCUT2D eigenvalue weighted by Gasteiger charge is 2.42. The Kier molecular flexibility index (Phi) is 5.86. The maximum absolute atomic E-state index is 12.9. The summed E-state index contributed by atoms with van der Waals surface area (Å²) in [7, 11) is 3.28. The Bertz CT molecular complexity index is 678. The van der Waals surface area contributed by atoms with Crippen molar-refractivity contribution in [2.75, 3.05) is 33.9 Å². The molecule has 1 aliphatic heterocycles. The summed E-state index contributed by atoms with van der Waals surface area (Å²) in [6, 6.07) is 6.13. The van der Waals surface area contributed by atoms with Crippen LogP contribution in [0.25, 0.3) is 0 Å². The van der Waals surface area contributed by atoms with Crippen LogP contribution < -0.4 is 20.1 Å². The molecular formula is C19H27N3O3S. The number of amides is 1. The molecule has 3 rings (SSSR count). The number of rotatable bonds is 6. The zero-order valence-electron chi connectivity index (χ0n) is 15.6. The zero-order chi connectivity index (χ0) is 18.7. The maximum atomic E-state index is 12.9. The van der Waals surface area contributed by atoms with E-state index in [-0.39, 0.29) is 17.7 Å². The number of benzene rings is 1. The molecule has 1 saturated heterocycles. The van der Waals surface area contributed by atoms with Crippen LogP contribution in [0.1, 0.15) is 31.2 Å². The van der Waals surface area contributed by atoms with Crippen molar-refractivity contribution in [3.63, 3.8) is 0 Å². The monoisotopic (exact) mass is 377 g/mol. The van der Waals surface area contributed by atoms with Gasteiger partial charge in [0.1, 0.15) is 11.5 Å². The van der Waals surface area contributed by atoms with Gasteiger partial charge in [0, 0.05) is 43.2 Å². The Morgan fingerprint density at radius 1 is 1.27 bits per heavy atom. The second-order valence-corrected chi connectivity index (χ2v) is 7.23. The third-order valence-corrected chi connectivity index (χ3v) is 5.44. The van der Waals surface area contributed by atoms with Gasteiger partial charge >= 0.3 is 0 Å². The van der Waals surface area contributed by atoms with Crippen molar-refractivity contribution in [2.24, 2.45) is 5.92 Å². The molecule has 142 valence electrons. The van der Waals surface area contributed by atoms with E-state index in [2.05, 4.69) is 15.5 Å². The van der Waals surface area contributed by atoms with Gasteiger partial charge in [-0.3, -0.25) is 4.79 Å². The number of likely N-dealkylation sites (tertiary alicyclic amines) is 1. The van der Waals surface area contributed by atoms with Gasteiger partial charge in [-0.25, -0.2) is 0 Å². The van der Waals surface area contributed by atoms with Crippen LogP contribution in [0.5, 0.6) is 11.5 Å². The van der Waals surface area contributed by atoms with Crippen LogP contribution in [0.15, 0.2) is 18.2 Å². The summed E-state index contributed by atoms with van der Waals surface area (Å²) in [5.41, 5.74) is 1.02. The largest absolute Gasteiger partial charge is 0.497 e. The topological polar surface area (TPSA) is 62.8 Å². The average Bonchev–Trinajstić information content (AvgIpc) is 3.35. The zero-order valence-corrected chi connectivity index (χ0v) is 16.4. The first-order valence-corrected chi connectivity index (χ1v) is 9.53. The number of carbonyl (C=O) groups excluding carboxylic acids is 1. The Balaban J connectivity index is 1.87. The summed E-state index contributed by atoms with van der Waals surface area (Å²) in [4.78, 5) is 14.9. The van der Waals surface area contributed by atoms with Gasteiger partial charge in [-0.15, -0.1) is 0 Å². The smallest absolute Gasteiger partial charge is 0.225 e. The summed E-state index contributed by atoms with van der Waals surface area (Å²) >= 11 is 5.49. The quantitative estimate of drug-likeness (QED) is 0.739. The maximum Gasteiger partial charge on any atom is 0.225 e. The van der Waals surface area contributed by atoms with Crippen LogP contribution >= 0.6 is 12.2 Å². The van der Waals surface area contributed by atoms with Gasteiger partial charge in [0.15, 0.2) is 5.11 Å². The number of methoxy groups -OCH3 is 2. The van der Waals surface area contributed by atoms with Gasteiger partial charge in [-0.05, 0) is 38.0 Å². The minimum atomic E-state index is -0.158. The fraction of sp³-hybridized carbons (Fsp3) is 0.579. The van der Waals surface area contributed by atoms with E-state index in [0.29, 0.717) is 24.2 Å². The predicted octanol–water partition coefficient (Wildman–Crippen LogP) is 1.89. The van der Waals surface area contributed by atoms with Crippen LogP contribution in [-0.4, -0.2) is 55.8 Å². The molecule has 1 aromatic rings. The molecule has 2 atom stereocenters. The van der Waals surface area contributed by atoms with Crippen LogP contribution in [0, 0.1) is 5.92 Å². The third kappa shape index (κ3) is 4.03. The molecule has 2 N–H and O–H groups in total. The van der Waals surface area contributed by atoms with Crippen molar-refractivity contribution >= 4 is 23.2 Å². The summed E-state index contributed by atoms with van der Waals surface area (Å²) < 4.78 is 10.9. The van der Waals surface area contributed by atoms with Crippen molar-refractivity contribution in [1.29, 1.82) is 0 Å². The van der Waals surface area contributed by atoms with Crippen LogP contribution in [0.3, 0.4) is 0 Å². The molecule has 7 heteroatoms. The third-order valence-electron chi connectivity index (χ3n) is 5.04. The highest BCUT2D eigenvalue weighted by atomic mass is 32.1. The fourth-order valence-electron chi connectivity index (χ4n) is 3.47. The summed E-state index contributed by atoms with van der Waals surface area (Å²) in [5, 5.41) is 7.05. The number of carbonyl (C=O) groups is 1. The summed E-state index contributed by atoms with van der Waals surface area (Å²) in [6.07, 6.45) is 2.16. The van der Waals surface area contributed by atoms with E-state index >= 15 is 0 Å². The van der Waals surface area contributed by atoms with Gasteiger partial charge in [-0.1, -0.05) is 6.07 Å². The van der Waals surface area contributed by atoms with Gasteiger partial charge in [-0.2, -0.15) is 0 Å². The lowest BCUT2D eigenvalue weighted by atomic mass is 9.87. The van der Waals surface area contributed by atoms with E-state index in [4.69, 9.17) is 21.7 Å². The molecule has 1 heterocycles. The standard InChI is InChI=1S/C19H27N3O3S/c1-4-20-19(26)22-10-15(16(11-22)18(23)21-12-5-6-12)14-8-7-13(24-2)9-17(14)25-3/h7-9,12,15-16H,4-6,10-11H2,1-3H3,(H,20,26)(H,21,23)/t15-,16-/m1/s1. The van der Waals surface area contributed by atoms with Crippen LogP contribution in [0.4, 0.5) is 0 Å². The number of nitrogens with one attached hydrogen (secondary N) is 2. The molecular weight excluding hydrogens is 350 g/mol. The molecule has 0 unspecified atom stereocenters. The molecule has 1 aliphatic carbocycles. The highest BCUT2D eigenvalue weighted by Crippen LogP contribution is 2.39. The number of hydrogen-bond acceptors (Lipinski definition) is 4. The van der Waals surface area contributed by atoms with E-state index in [1.807, 2.05) is 25.1 Å². The van der Waals surface area contributed by atoms with Crippen molar-refractivity contribution in [3.8, 4) is 11.5 Å². The lowest BCUT2D eigenvalue weighted by Crippen LogP contribution is -2.40. The van der Waals surface area contributed by atoms with Gasteiger partial charge in [0.05, 0.1) is 20.1 Å². The first kappa shape index (κ1) is 18.8. The van der Waals surface area contributed by atoms with E-state index in [9.17, 15) is 4.79 Å². The number of thiocarbonyl (C=S) groups is 1. The predicted molar refractivity (Wildman–Crippen MR) is 105 cm³/mol. The second kappa shape index (κ2) is 8.12. The lowest BCUT2D eigenvalue weighted by Gasteiger charge is -2.21. The molecule has 2 aliphatic rings. The molecule has 1 saturated carbocycles. The average molecular weight is 378 g/mol. The SMILES string of the molecule is CCNC(=S)N1C[C@H](c2ccc(OC)cc2OC)[C@H](C(=O)NC2CC2)C1. The highest BCUT2D eigenvalue weighted by molar-refractivity contribution is 7.80. The van der Waals surface area contributed by atoms with E-state index in [1.54, 1.807) is 14.2 Å². The van der Waals surface area contributed by atoms with Crippen molar-refractivity contribution in [1.82, 2.24) is 15.5 Å². The van der Waals surface area contributed by atoms with Crippen molar-refractivity contribution in [3.05, 3.63) is 23.8 Å². The second-order valence-electron chi connectivity index (χ2n) is 6.84. The minimum absolute atomic E-state index is 0.0196. The fourth-order valence-corrected chi connectivity index (χ4v) is 3.77. The molecule has 1 aromatic carbocycles. The Labute approximate surface area is 160 Å². The molecule has 0 bridgehead atoms. The van der Waals surface area contributed by atoms with Gasteiger partial charge in [0.25, 0.3) is 0 Å². The number of hydrogen-bond donors (Lipinski definition) is 2. The van der Waals surface area contributed by atoms with Crippen LogP contribution in [0.2, 0.25) is 0 Å². The summed E-state index contributed by atoms with van der Waals surface area (Å²) in [6.45, 7) is 4.09. The normalized spacial score (nSPS) is 22.0. The Hall–Kier alpha value is -2.02. The van der Waals surface area contributed by atoms with E-state index < -0.39 is 0 Å². The van der Waals surface area contributed by atoms with E-state index in [0.717, 1.165) is 36.4 Å². The number of ether oxygens (including phenoxy) is 2. The summed E-state index contributed by atoms with van der Waals surface area (Å²) in [5.74, 6) is 1.45. The Morgan fingerprint density at radius 3 is 2.65 bits per heavy atom. The van der Waals surface area contributed by atoms with Gasteiger partial charge in [0.2, 0.25) is 5.91 Å². The first-order chi connectivity index (χ1) is 12.6. The molecule has 0 radical (unpaired) electrons. The lowest BCUT2D eigenvalue weighted by molar-refractivity contribution is -0.125. The first-order valence-electron chi connectivity index (χ1n) is 9.12. The number of nitrogens with zero attached hydrogens (tertiary/aromatic N) is 1. The molecule has 0 aromatic heterocycles. The van der Waals surface area contributed by atoms with Crippen molar-refractivity contribution < 1.29 is 14.3 Å². The van der Waals surface area contributed by atoms with Gasteiger partial charge < -0.3 is 25.0 Å². The van der Waals surface area contributed by atoms with E-state index in [1.165, 1.54) is 0 Å². The minimum Gasteiger partial charge on any atom is -0.497 e. The molecule has 2 fully saturated rings. The molecule has 0 spiro atoms. The molecule has 26 heavy (non-hydrogen) atoms. The molecule has 1 amide bonds. The van der Waals surface area contributed by atoms with Crippen molar-refractivity contribution in [2.45, 2.75) is 31.7 Å². The Morgan fingerprint density at radius 2 is 2.04 bits per heavy atom.